The molecule has 0 aliphatic rings. The van der Waals surface area contributed by atoms with Crippen molar-refractivity contribution in [2.45, 2.75) is 128 Å². The van der Waals surface area contributed by atoms with Gasteiger partial charge in [-0.3, -0.25) is 9.59 Å². The van der Waals surface area contributed by atoms with Gasteiger partial charge in [0.25, 0.3) is 0 Å². The Morgan fingerprint density at radius 3 is 1.47 bits per heavy atom. The maximum atomic E-state index is 12.7. The summed E-state index contributed by atoms with van der Waals surface area (Å²) < 4.78 is 8.08. The van der Waals surface area contributed by atoms with E-state index in [-0.39, 0.29) is 10.3 Å². The van der Waals surface area contributed by atoms with E-state index in [0.29, 0.717) is 6.42 Å². The van der Waals surface area contributed by atoms with Crippen molar-refractivity contribution in [1.29, 1.82) is 0 Å². The molecule has 5 heteroatoms. The quantitative estimate of drug-likeness (QED) is 0.180. The first-order valence-electron chi connectivity index (χ1n) is 12.8. The number of Topliss-reactive ketones (excluding diaryl/α,β-unsaturated/α-hetero) is 1. The molecule has 2 N–H and O–H groups in total. The first-order valence-corrected chi connectivity index (χ1v) is 12.3. The fraction of sp³-hybridized carbons (Fsp3) is 0.920. The Kier molecular flexibility index (Phi) is 16.0. The number of nitrogens with zero attached hydrogens (tertiary/aromatic N) is 1. The van der Waals surface area contributed by atoms with E-state index in [1.54, 1.807) is 21.1 Å². The number of quaternary nitrogens is 1. The number of aliphatic hydroxyl groups is 1. The summed E-state index contributed by atoms with van der Waals surface area (Å²) in [5, 5.41) is 19.3. The fourth-order valence-corrected chi connectivity index (χ4v) is 4.12. The summed E-state index contributed by atoms with van der Waals surface area (Å²) in [7, 11) is 5.16. The molecule has 0 aromatic carbocycles. The zero-order valence-electron chi connectivity index (χ0n) is 21.3. The zero-order chi connectivity index (χ0) is 23.8. The van der Waals surface area contributed by atoms with Crippen LogP contribution in [0.25, 0.3) is 0 Å². The van der Waals surface area contributed by atoms with Gasteiger partial charge in [-0.15, -0.1) is 0 Å². The van der Waals surface area contributed by atoms with Crippen molar-refractivity contribution in [3.63, 3.8) is 0 Å². The summed E-state index contributed by atoms with van der Waals surface area (Å²) >= 11 is 0. The van der Waals surface area contributed by atoms with Gasteiger partial charge in [0.1, 0.15) is 6.08 Å². The third-order valence-electron chi connectivity index (χ3n) is 5.75. The van der Waals surface area contributed by atoms with E-state index in [4.69, 9.17) is 6.48 Å². The van der Waals surface area contributed by atoms with Gasteiger partial charge in [-0.25, -0.2) is 0 Å². The van der Waals surface area contributed by atoms with Gasteiger partial charge in [-0.1, -0.05) is 96.8 Å². The lowest BCUT2D eigenvalue weighted by Gasteiger charge is -2.35. The third-order valence-corrected chi connectivity index (χ3v) is 5.75. The van der Waals surface area contributed by atoms with E-state index >= 15 is 0 Å². The van der Waals surface area contributed by atoms with Gasteiger partial charge in [0.05, 0.1) is 28.9 Å². The highest BCUT2D eigenvalue weighted by Crippen LogP contribution is 2.17. The van der Waals surface area contributed by atoms with E-state index in [0.717, 1.165) is 19.3 Å². The smallest absolute Gasteiger partial charge is 0.306 e. The van der Waals surface area contributed by atoms with Crippen LogP contribution in [0.1, 0.15) is 117 Å². The van der Waals surface area contributed by atoms with Crippen molar-refractivity contribution >= 4 is 11.8 Å². The average molecular weight is 430 g/mol. The Bertz CT molecular complexity index is 488. The molecule has 2 atom stereocenters. The Balaban J connectivity index is 3.87. The summed E-state index contributed by atoms with van der Waals surface area (Å²) in [6, 6.07) is -1.06. The molecule has 2 unspecified atom stereocenters. The topological polar surface area (TPSA) is 74.6 Å². The molecule has 0 heterocycles. The first kappa shape index (κ1) is 27.1. The van der Waals surface area contributed by atoms with Crippen molar-refractivity contribution < 1.29 is 25.7 Å². The van der Waals surface area contributed by atoms with Gasteiger partial charge in [-0.05, 0) is 6.42 Å². The van der Waals surface area contributed by atoms with Crippen molar-refractivity contribution in [2.75, 3.05) is 21.1 Å². The fourth-order valence-electron chi connectivity index (χ4n) is 4.12. The van der Waals surface area contributed by atoms with Crippen LogP contribution in [0.4, 0.5) is 0 Å². The minimum atomic E-state index is -2.29. The molecular formula is C25H50NO4+. The standard InChI is InChI=1S/C25H49NO4/c1-5-6-7-8-9-10-11-12-13-14-15-16-17-18-19-20-22(27)25(26(2,3)4)23(28)21-24(29)30/h23,25,28H,5-21H2,1-4H3/p+1/i23D. The molecule has 0 aliphatic carbocycles. The molecule has 5 nitrogen and oxygen atoms in total. The Hall–Kier alpha value is -0.940. The molecule has 0 aliphatic heterocycles. The summed E-state index contributed by atoms with van der Waals surface area (Å²) in [5.74, 6) is -1.49. The van der Waals surface area contributed by atoms with Gasteiger partial charge in [0, 0.05) is 6.42 Å². The molecule has 0 amide bonds. The maximum Gasteiger partial charge on any atom is 0.306 e. The number of likely N-dealkylation sites (N-methyl/N-ethyl adjacent to an activating group) is 1. The SMILES string of the molecule is [2H]C(O)(CC(=O)O)C(C(=O)CCCCCCCCCCCCCCCCC)[N+](C)(C)C. The number of ketones is 1. The lowest BCUT2D eigenvalue weighted by atomic mass is 9.96. The van der Waals surface area contributed by atoms with Crippen LogP contribution in [-0.2, 0) is 9.59 Å². The van der Waals surface area contributed by atoms with Crippen molar-refractivity contribution in [3.8, 4) is 0 Å². The molecule has 0 saturated carbocycles. The predicted molar refractivity (Wildman–Crippen MR) is 125 cm³/mol. The Morgan fingerprint density at radius 1 is 0.767 bits per heavy atom. The van der Waals surface area contributed by atoms with Crippen LogP contribution in [0, 0.1) is 0 Å². The number of hydrogen-bond donors (Lipinski definition) is 2. The van der Waals surface area contributed by atoms with Crippen LogP contribution >= 0.6 is 0 Å². The number of carboxylic acid groups (broad SMARTS) is 1. The second kappa shape index (κ2) is 17.7. The normalized spacial score (nSPS) is 15.4. The summed E-state index contributed by atoms with van der Waals surface area (Å²) in [4.78, 5) is 23.6. The van der Waals surface area contributed by atoms with E-state index in [1.807, 2.05) is 0 Å². The first-order chi connectivity index (χ1) is 14.5. The molecule has 0 rings (SSSR count). The lowest BCUT2D eigenvalue weighted by Crippen LogP contribution is -2.56. The molecule has 0 bridgehead atoms. The maximum absolute atomic E-state index is 12.7. The van der Waals surface area contributed by atoms with E-state index in [9.17, 15) is 14.7 Å². The second-order valence-corrected chi connectivity index (χ2v) is 9.75. The molecule has 0 spiro atoms. The van der Waals surface area contributed by atoms with Crippen LogP contribution < -0.4 is 0 Å². The minimum absolute atomic E-state index is 0.0465. The van der Waals surface area contributed by atoms with Crippen molar-refractivity contribution in [2.24, 2.45) is 0 Å². The van der Waals surface area contributed by atoms with Crippen LogP contribution in [0.5, 0.6) is 0 Å². The molecule has 0 aromatic rings. The average Bonchev–Trinajstić information content (AvgIpc) is 2.62. The lowest BCUT2D eigenvalue weighted by molar-refractivity contribution is -0.890. The van der Waals surface area contributed by atoms with Crippen LogP contribution in [0.3, 0.4) is 0 Å². The molecule has 0 fully saturated rings. The van der Waals surface area contributed by atoms with E-state index < -0.39 is 24.5 Å². The number of aliphatic carboxylic acids is 1. The third kappa shape index (κ3) is 15.8. The molecule has 0 aromatic heterocycles. The summed E-state index contributed by atoms with van der Waals surface area (Å²) in [5.41, 5.74) is 0. The molecule has 30 heavy (non-hydrogen) atoms. The second-order valence-electron chi connectivity index (χ2n) is 9.75. The van der Waals surface area contributed by atoms with E-state index in [1.165, 1.54) is 77.0 Å². The van der Waals surface area contributed by atoms with Gasteiger partial charge in [0.15, 0.2) is 11.8 Å². The number of carboxylic acids is 1. The number of unbranched alkanes of at least 4 members (excludes halogenated alkanes) is 14. The minimum Gasteiger partial charge on any atom is -0.481 e. The molecule has 0 saturated heterocycles. The van der Waals surface area contributed by atoms with Crippen LogP contribution in [0.15, 0.2) is 0 Å². The summed E-state index contributed by atoms with van der Waals surface area (Å²) in [6.45, 7) is 2.25. The van der Waals surface area contributed by atoms with Gasteiger partial charge >= 0.3 is 5.97 Å². The zero-order valence-corrected chi connectivity index (χ0v) is 20.3. The Morgan fingerprint density at radius 2 is 1.13 bits per heavy atom. The van der Waals surface area contributed by atoms with Crippen molar-refractivity contribution in [3.05, 3.63) is 0 Å². The van der Waals surface area contributed by atoms with E-state index in [2.05, 4.69) is 6.92 Å². The highest BCUT2D eigenvalue weighted by Gasteiger charge is 2.38. The van der Waals surface area contributed by atoms with Crippen LogP contribution in [-0.4, -0.2) is 59.7 Å². The predicted octanol–water partition coefficient (Wildman–Crippen LogP) is 5.73. The Labute approximate surface area is 187 Å². The monoisotopic (exact) mass is 429 g/mol. The van der Waals surface area contributed by atoms with Gasteiger partial charge < -0.3 is 14.7 Å². The highest BCUT2D eigenvalue weighted by molar-refractivity contribution is 5.84. The number of carbonyl (C=O) groups excluding carboxylic acids is 1. The largest absolute Gasteiger partial charge is 0.481 e. The molecule has 0 radical (unpaired) electrons. The molecule has 178 valence electrons. The number of carbonyl (C=O) groups is 2. The van der Waals surface area contributed by atoms with Gasteiger partial charge in [-0.2, -0.15) is 0 Å². The number of rotatable bonds is 21. The van der Waals surface area contributed by atoms with Gasteiger partial charge in [0.2, 0.25) is 0 Å². The molecular weight excluding hydrogens is 378 g/mol. The van der Waals surface area contributed by atoms with Crippen LogP contribution in [0.2, 0.25) is 0 Å². The van der Waals surface area contributed by atoms with Crippen molar-refractivity contribution in [1.82, 2.24) is 0 Å². The number of hydrogen-bond acceptors (Lipinski definition) is 3. The summed E-state index contributed by atoms with van der Waals surface area (Å²) in [6.07, 6.45) is 16.0. The highest BCUT2D eigenvalue weighted by atomic mass is 16.4.